The van der Waals surface area contributed by atoms with Crippen molar-refractivity contribution >= 4 is 21.6 Å². The number of hydrogen-bond acceptors (Lipinski definition) is 5. The first-order valence-corrected chi connectivity index (χ1v) is 9.49. The maximum atomic E-state index is 12.6. The lowest BCUT2D eigenvalue weighted by molar-refractivity contribution is -0.130. The molecular weight excluding hydrogens is 356 g/mol. The molecule has 2 aromatic carbocycles. The number of ether oxygens (including phenoxy) is 2. The van der Waals surface area contributed by atoms with E-state index in [1.54, 1.807) is 38.4 Å². The maximum absolute atomic E-state index is 12.6. The number of carbonyl (C=O) groups is 1. The number of anilines is 1. The van der Waals surface area contributed by atoms with Crippen LogP contribution in [0.3, 0.4) is 0 Å². The summed E-state index contributed by atoms with van der Waals surface area (Å²) in [6.45, 7) is 2.14. The summed E-state index contributed by atoms with van der Waals surface area (Å²) in [7, 11) is -0.512. The number of carbonyl (C=O) groups excluding carboxylic acids is 1. The molecule has 0 aliphatic carbocycles. The number of para-hydroxylation sites is 2. The summed E-state index contributed by atoms with van der Waals surface area (Å²) >= 11 is 0. The van der Waals surface area contributed by atoms with Gasteiger partial charge in [0.25, 0.3) is 15.9 Å². The predicted molar refractivity (Wildman–Crippen MR) is 99.1 cm³/mol. The van der Waals surface area contributed by atoms with Gasteiger partial charge in [-0.1, -0.05) is 12.1 Å². The minimum absolute atomic E-state index is 0.0788. The normalized spacial score (nSPS) is 10.9. The first-order valence-electron chi connectivity index (χ1n) is 8.01. The van der Waals surface area contributed by atoms with Crippen LogP contribution in [0.15, 0.2) is 53.4 Å². The molecule has 2 rings (SSSR count). The number of nitrogens with one attached hydrogen (secondary N) is 1. The van der Waals surface area contributed by atoms with Crippen molar-refractivity contribution in [2.24, 2.45) is 0 Å². The first kappa shape index (κ1) is 19.6. The second-order valence-corrected chi connectivity index (χ2v) is 7.27. The number of sulfonamides is 1. The van der Waals surface area contributed by atoms with Crippen LogP contribution in [0.2, 0.25) is 0 Å². The minimum atomic E-state index is -3.78. The summed E-state index contributed by atoms with van der Waals surface area (Å²) in [5.41, 5.74) is 0.367. The van der Waals surface area contributed by atoms with E-state index < -0.39 is 10.0 Å². The Balaban J connectivity index is 2.11. The van der Waals surface area contributed by atoms with Crippen LogP contribution < -0.4 is 14.2 Å². The van der Waals surface area contributed by atoms with Gasteiger partial charge in [0.15, 0.2) is 6.61 Å². The van der Waals surface area contributed by atoms with Crippen LogP contribution in [0.5, 0.6) is 11.5 Å². The molecule has 2 aromatic rings. The third-order valence-electron chi connectivity index (χ3n) is 3.43. The van der Waals surface area contributed by atoms with E-state index in [1.165, 1.54) is 29.2 Å². The molecule has 140 valence electrons. The van der Waals surface area contributed by atoms with E-state index in [0.717, 1.165) is 0 Å². The van der Waals surface area contributed by atoms with Gasteiger partial charge >= 0.3 is 0 Å². The molecule has 8 heteroatoms. The smallest absolute Gasteiger partial charge is 0.262 e. The monoisotopic (exact) mass is 378 g/mol. The largest absolute Gasteiger partial charge is 0.492 e. The van der Waals surface area contributed by atoms with Crippen LogP contribution in [0.4, 0.5) is 5.69 Å². The number of amides is 1. The number of rotatable bonds is 8. The lowest BCUT2D eigenvalue weighted by Gasteiger charge is -2.13. The van der Waals surface area contributed by atoms with Crippen LogP contribution in [0, 0.1) is 0 Å². The van der Waals surface area contributed by atoms with Gasteiger partial charge < -0.3 is 14.4 Å². The second kappa shape index (κ2) is 8.57. The maximum Gasteiger partial charge on any atom is 0.262 e. The Morgan fingerprint density at radius 1 is 1.04 bits per heavy atom. The lowest BCUT2D eigenvalue weighted by Crippen LogP contribution is -2.27. The summed E-state index contributed by atoms with van der Waals surface area (Å²) in [6, 6.07) is 12.7. The Morgan fingerprint density at radius 2 is 1.69 bits per heavy atom. The highest BCUT2D eigenvalue weighted by Crippen LogP contribution is 2.27. The van der Waals surface area contributed by atoms with Crippen molar-refractivity contribution in [3.8, 4) is 11.5 Å². The Labute approximate surface area is 153 Å². The van der Waals surface area contributed by atoms with Crippen LogP contribution in [-0.2, 0) is 14.8 Å². The minimum Gasteiger partial charge on any atom is -0.492 e. The zero-order chi connectivity index (χ0) is 19.2. The molecular formula is C18H22N2O5S. The topological polar surface area (TPSA) is 84.9 Å². The molecule has 0 fully saturated rings. The average molecular weight is 378 g/mol. The molecule has 0 bridgehead atoms. The first-order chi connectivity index (χ1) is 12.3. The molecule has 1 amide bonds. The van der Waals surface area contributed by atoms with Crippen molar-refractivity contribution in [2.45, 2.75) is 11.8 Å². The van der Waals surface area contributed by atoms with Gasteiger partial charge in [-0.25, -0.2) is 8.42 Å². The lowest BCUT2D eigenvalue weighted by atomic mass is 10.3. The molecule has 0 aliphatic rings. The predicted octanol–water partition coefficient (Wildman–Crippen LogP) is 2.35. The van der Waals surface area contributed by atoms with Crippen molar-refractivity contribution in [1.29, 1.82) is 0 Å². The Kier molecular flexibility index (Phi) is 6.46. The van der Waals surface area contributed by atoms with Gasteiger partial charge in [-0.15, -0.1) is 0 Å². The van der Waals surface area contributed by atoms with E-state index in [4.69, 9.17) is 9.47 Å². The van der Waals surface area contributed by atoms with E-state index in [1.807, 2.05) is 6.92 Å². The highest BCUT2D eigenvalue weighted by Gasteiger charge is 2.16. The zero-order valence-electron chi connectivity index (χ0n) is 14.9. The molecule has 1 N–H and O–H groups in total. The number of nitrogens with zero attached hydrogens (tertiary/aromatic N) is 1. The highest BCUT2D eigenvalue weighted by molar-refractivity contribution is 7.92. The fourth-order valence-electron chi connectivity index (χ4n) is 2.03. The molecule has 0 radical (unpaired) electrons. The van der Waals surface area contributed by atoms with Crippen LogP contribution in [-0.4, -0.2) is 46.5 Å². The molecule has 0 aromatic heterocycles. The van der Waals surface area contributed by atoms with Crippen LogP contribution in [0.1, 0.15) is 6.92 Å². The molecule has 7 nitrogen and oxygen atoms in total. The molecule has 0 aliphatic heterocycles. The standard InChI is InChI=1S/C18H22N2O5S/c1-4-24-17-8-6-5-7-16(17)19-26(22,23)15-11-9-14(10-12-15)25-13-18(21)20(2)3/h5-12,19H,4,13H2,1-3H3. The van der Waals surface area contributed by atoms with Gasteiger partial charge in [0.1, 0.15) is 11.5 Å². The molecule has 0 spiro atoms. The van der Waals surface area contributed by atoms with Gasteiger partial charge in [0.2, 0.25) is 0 Å². The van der Waals surface area contributed by atoms with E-state index in [2.05, 4.69) is 4.72 Å². The number of hydrogen-bond donors (Lipinski definition) is 1. The summed E-state index contributed by atoms with van der Waals surface area (Å²) in [4.78, 5) is 13.0. The van der Waals surface area contributed by atoms with E-state index >= 15 is 0 Å². The van der Waals surface area contributed by atoms with Crippen molar-refractivity contribution in [2.75, 3.05) is 32.0 Å². The summed E-state index contributed by atoms with van der Waals surface area (Å²) in [6.07, 6.45) is 0. The Hall–Kier alpha value is -2.74. The molecule has 0 saturated carbocycles. The molecule has 0 unspecified atom stereocenters. The quantitative estimate of drug-likeness (QED) is 0.762. The van der Waals surface area contributed by atoms with Gasteiger partial charge in [0.05, 0.1) is 17.2 Å². The van der Waals surface area contributed by atoms with Gasteiger partial charge in [-0.3, -0.25) is 9.52 Å². The van der Waals surface area contributed by atoms with E-state index in [0.29, 0.717) is 23.8 Å². The second-order valence-electron chi connectivity index (χ2n) is 5.58. The third-order valence-corrected chi connectivity index (χ3v) is 4.81. The van der Waals surface area contributed by atoms with Crippen molar-refractivity contribution in [1.82, 2.24) is 4.90 Å². The highest BCUT2D eigenvalue weighted by atomic mass is 32.2. The fraction of sp³-hybridized carbons (Fsp3) is 0.278. The fourth-order valence-corrected chi connectivity index (χ4v) is 3.10. The van der Waals surface area contributed by atoms with Gasteiger partial charge in [-0.2, -0.15) is 0 Å². The number of likely N-dealkylation sites (N-methyl/N-ethyl adjacent to an activating group) is 1. The SMILES string of the molecule is CCOc1ccccc1NS(=O)(=O)c1ccc(OCC(=O)N(C)C)cc1. The van der Waals surface area contributed by atoms with Crippen molar-refractivity contribution in [3.63, 3.8) is 0 Å². The molecule has 0 atom stereocenters. The summed E-state index contributed by atoms with van der Waals surface area (Å²) in [5, 5.41) is 0. The van der Waals surface area contributed by atoms with Crippen LogP contribution >= 0.6 is 0 Å². The average Bonchev–Trinajstić information content (AvgIpc) is 2.61. The Morgan fingerprint density at radius 3 is 2.31 bits per heavy atom. The van der Waals surface area contributed by atoms with Gasteiger partial charge in [0, 0.05) is 14.1 Å². The Bertz CT molecular complexity index is 848. The zero-order valence-corrected chi connectivity index (χ0v) is 15.7. The van der Waals surface area contributed by atoms with Crippen molar-refractivity contribution in [3.05, 3.63) is 48.5 Å². The molecule has 0 saturated heterocycles. The van der Waals surface area contributed by atoms with E-state index in [-0.39, 0.29) is 17.4 Å². The van der Waals surface area contributed by atoms with Crippen molar-refractivity contribution < 1.29 is 22.7 Å². The van der Waals surface area contributed by atoms with Gasteiger partial charge in [-0.05, 0) is 43.3 Å². The number of benzene rings is 2. The third kappa shape index (κ3) is 5.13. The summed E-state index contributed by atoms with van der Waals surface area (Å²) in [5.74, 6) is 0.686. The molecule has 0 heterocycles. The summed E-state index contributed by atoms with van der Waals surface area (Å²) < 4.78 is 38.4. The van der Waals surface area contributed by atoms with E-state index in [9.17, 15) is 13.2 Å². The molecule has 26 heavy (non-hydrogen) atoms. The van der Waals surface area contributed by atoms with Crippen LogP contribution in [0.25, 0.3) is 0 Å².